The fourth-order valence-corrected chi connectivity index (χ4v) is 6.81. The van der Waals surface area contributed by atoms with Gasteiger partial charge in [0.05, 0.1) is 22.1 Å². The molecule has 0 atom stereocenters. The van der Waals surface area contributed by atoms with Gasteiger partial charge < -0.3 is 0 Å². The van der Waals surface area contributed by atoms with Gasteiger partial charge in [0.15, 0.2) is 17.5 Å². The van der Waals surface area contributed by atoms with Gasteiger partial charge >= 0.3 is 0 Å². The van der Waals surface area contributed by atoms with Crippen molar-refractivity contribution in [3.8, 4) is 56.4 Å². The van der Waals surface area contributed by atoms with Crippen molar-refractivity contribution in [3.63, 3.8) is 0 Å². The molecule has 7 nitrogen and oxygen atoms in total. The maximum Gasteiger partial charge on any atom is 0.164 e. The summed E-state index contributed by atoms with van der Waals surface area (Å²) in [5.41, 5.74) is 10.3. The zero-order valence-corrected chi connectivity index (χ0v) is 27.7. The first-order valence-corrected chi connectivity index (χ1v) is 17.0. The number of rotatable bonds is 5. The summed E-state index contributed by atoms with van der Waals surface area (Å²) in [5, 5.41) is 4.22. The molecule has 0 saturated carbocycles. The van der Waals surface area contributed by atoms with E-state index in [4.69, 9.17) is 24.9 Å². The summed E-state index contributed by atoms with van der Waals surface area (Å²) >= 11 is 0. The first-order chi connectivity index (χ1) is 25.7. The number of benzene rings is 5. The third-order valence-corrected chi connectivity index (χ3v) is 9.42. The Hall–Kier alpha value is -7.25. The molecule has 10 aromatic rings. The van der Waals surface area contributed by atoms with Crippen LogP contribution in [0.4, 0.5) is 0 Å². The number of hydrogen-bond acceptors (Lipinski definition) is 7. The van der Waals surface area contributed by atoms with Crippen molar-refractivity contribution in [2.45, 2.75) is 0 Å². The van der Waals surface area contributed by atoms with Crippen molar-refractivity contribution in [2.24, 2.45) is 0 Å². The van der Waals surface area contributed by atoms with E-state index in [2.05, 4.69) is 82.8 Å². The lowest BCUT2D eigenvalue weighted by molar-refractivity contribution is 1.07. The fourth-order valence-electron chi connectivity index (χ4n) is 6.81. The van der Waals surface area contributed by atoms with Crippen LogP contribution in [0.1, 0.15) is 0 Å². The van der Waals surface area contributed by atoms with Gasteiger partial charge in [-0.25, -0.2) is 15.0 Å². The zero-order chi connectivity index (χ0) is 34.4. The summed E-state index contributed by atoms with van der Waals surface area (Å²) in [6, 6.07) is 47.3. The van der Waals surface area contributed by atoms with Crippen LogP contribution in [0, 0.1) is 0 Å². The van der Waals surface area contributed by atoms with E-state index in [9.17, 15) is 0 Å². The van der Waals surface area contributed by atoms with Gasteiger partial charge in [0.2, 0.25) is 0 Å². The average molecular weight is 666 g/mol. The highest BCUT2D eigenvalue weighted by Crippen LogP contribution is 2.33. The van der Waals surface area contributed by atoms with E-state index < -0.39 is 0 Å². The lowest BCUT2D eigenvalue weighted by atomic mass is 10.0. The molecular weight excluding hydrogens is 639 g/mol. The summed E-state index contributed by atoms with van der Waals surface area (Å²) in [6.07, 6.45) is 7.44. The molecule has 0 N–H and O–H groups in total. The Labute approximate surface area is 298 Å². The van der Waals surface area contributed by atoms with Gasteiger partial charge in [0, 0.05) is 74.1 Å². The Balaban J connectivity index is 1.06. The molecule has 0 spiro atoms. The van der Waals surface area contributed by atoms with Gasteiger partial charge in [-0.3, -0.25) is 19.9 Å². The number of aromatic nitrogens is 7. The Morgan fingerprint density at radius 1 is 0.269 bits per heavy atom. The highest BCUT2D eigenvalue weighted by Gasteiger charge is 2.15. The lowest BCUT2D eigenvalue weighted by Gasteiger charge is -2.11. The molecule has 0 unspecified atom stereocenters. The molecule has 0 amide bonds. The summed E-state index contributed by atoms with van der Waals surface area (Å²) < 4.78 is 0. The second kappa shape index (κ2) is 12.3. The van der Waals surface area contributed by atoms with Crippen LogP contribution in [0.15, 0.2) is 164 Å². The molecule has 7 heteroatoms. The molecule has 0 aliphatic rings. The Morgan fingerprint density at radius 2 is 0.692 bits per heavy atom. The van der Waals surface area contributed by atoms with Gasteiger partial charge in [-0.2, -0.15) is 0 Å². The monoisotopic (exact) mass is 665 g/mol. The molecule has 52 heavy (non-hydrogen) atoms. The molecule has 0 bridgehead atoms. The molecule has 5 heterocycles. The standard InChI is InChI=1S/C45H27N7/c1-2-8-30(9-3-1)43-50-44(35-12-4-10-31(22-35)37-24-33-18-16-28-14-6-20-46-39(28)41(33)48-26-37)52-45(51-43)36-13-5-11-32(23-36)38-25-34-19-17-29-15-7-21-47-40(29)42(34)49-27-38/h1-27H. The van der Waals surface area contributed by atoms with Crippen molar-refractivity contribution in [2.75, 3.05) is 0 Å². The molecule has 0 aliphatic carbocycles. The first kappa shape index (κ1) is 29.6. The minimum atomic E-state index is 0.590. The lowest BCUT2D eigenvalue weighted by Crippen LogP contribution is -2.00. The molecule has 0 radical (unpaired) electrons. The topological polar surface area (TPSA) is 90.2 Å². The van der Waals surface area contributed by atoms with Crippen molar-refractivity contribution < 1.29 is 0 Å². The molecule has 242 valence electrons. The summed E-state index contributed by atoms with van der Waals surface area (Å²) in [7, 11) is 0. The van der Waals surface area contributed by atoms with Crippen molar-refractivity contribution in [3.05, 3.63) is 164 Å². The second-order valence-electron chi connectivity index (χ2n) is 12.7. The predicted molar refractivity (Wildman–Crippen MR) is 208 cm³/mol. The Morgan fingerprint density at radius 3 is 1.21 bits per heavy atom. The molecule has 0 fully saturated rings. The van der Waals surface area contributed by atoms with Crippen LogP contribution in [0.5, 0.6) is 0 Å². The third-order valence-electron chi connectivity index (χ3n) is 9.42. The van der Waals surface area contributed by atoms with Crippen LogP contribution in [0.25, 0.3) is 100 Å². The van der Waals surface area contributed by atoms with Crippen molar-refractivity contribution >= 4 is 43.6 Å². The largest absolute Gasteiger partial charge is 0.254 e. The zero-order valence-electron chi connectivity index (χ0n) is 27.7. The van der Waals surface area contributed by atoms with Gasteiger partial charge in [0.25, 0.3) is 0 Å². The average Bonchev–Trinajstić information content (AvgIpc) is 3.23. The minimum Gasteiger partial charge on any atom is -0.254 e. The second-order valence-corrected chi connectivity index (χ2v) is 12.7. The normalized spacial score (nSPS) is 11.5. The minimum absolute atomic E-state index is 0.590. The van der Waals surface area contributed by atoms with Crippen LogP contribution in [0.2, 0.25) is 0 Å². The highest BCUT2D eigenvalue weighted by atomic mass is 15.0. The number of hydrogen-bond donors (Lipinski definition) is 0. The van der Waals surface area contributed by atoms with E-state index in [1.807, 2.05) is 91.5 Å². The van der Waals surface area contributed by atoms with Gasteiger partial charge in [-0.15, -0.1) is 0 Å². The fraction of sp³-hybridized carbons (Fsp3) is 0. The molecule has 10 rings (SSSR count). The van der Waals surface area contributed by atoms with E-state index in [0.717, 1.165) is 82.6 Å². The van der Waals surface area contributed by atoms with Gasteiger partial charge in [-0.05, 0) is 47.5 Å². The van der Waals surface area contributed by atoms with E-state index in [0.29, 0.717) is 17.5 Å². The number of fused-ring (bicyclic) bond motifs is 6. The maximum absolute atomic E-state index is 5.07. The van der Waals surface area contributed by atoms with E-state index in [1.165, 1.54) is 0 Å². The summed E-state index contributed by atoms with van der Waals surface area (Å²) in [6.45, 7) is 0. The smallest absolute Gasteiger partial charge is 0.164 e. The van der Waals surface area contributed by atoms with Crippen LogP contribution in [0.3, 0.4) is 0 Å². The summed E-state index contributed by atoms with van der Waals surface area (Å²) in [4.78, 5) is 33.9. The van der Waals surface area contributed by atoms with E-state index in [-0.39, 0.29) is 0 Å². The first-order valence-electron chi connectivity index (χ1n) is 17.0. The van der Waals surface area contributed by atoms with E-state index >= 15 is 0 Å². The van der Waals surface area contributed by atoms with Crippen LogP contribution < -0.4 is 0 Å². The van der Waals surface area contributed by atoms with Gasteiger partial charge in [-0.1, -0.05) is 103 Å². The summed E-state index contributed by atoms with van der Waals surface area (Å²) in [5.74, 6) is 1.79. The third kappa shape index (κ3) is 5.28. The number of pyridine rings is 4. The number of nitrogens with zero attached hydrogens (tertiary/aromatic N) is 7. The predicted octanol–water partition coefficient (Wildman–Crippen LogP) is 10.4. The van der Waals surface area contributed by atoms with E-state index in [1.54, 1.807) is 0 Å². The van der Waals surface area contributed by atoms with Crippen molar-refractivity contribution in [1.29, 1.82) is 0 Å². The highest BCUT2D eigenvalue weighted by molar-refractivity contribution is 6.04. The maximum atomic E-state index is 5.07. The van der Waals surface area contributed by atoms with Crippen LogP contribution in [-0.4, -0.2) is 34.9 Å². The quantitative estimate of drug-likeness (QED) is 0.169. The molecule has 5 aromatic heterocycles. The Kier molecular flexibility index (Phi) is 6.99. The van der Waals surface area contributed by atoms with Gasteiger partial charge in [0.1, 0.15) is 0 Å². The van der Waals surface area contributed by atoms with Crippen LogP contribution in [-0.2, 0) is 0 Å². The molecule has 5 aromatic carbocycles. The SMILES string of the molecule is c1ccc(-c2nc(-c3cccc(-c4cnc5c(ccc6cccnc65)c4)c3)nc(-c3cccc(-c4cnc5c(ccc6cccnc65)c4)c3)n2)cc1. The van der Waals surface area contributed by atoms with Crippen LogP contribution >= 0.6 is 0 Å². The van der Waals surface area contributed by atoms with Crippen molar-refractivity contribution in [1.82, 2.24) is 34.9 Å². The Bertz CT molecular complexity index is 2800. The molecule has 0 saturated heterocycles. The molecule has 0 aliphatic heterocycles. The molecular formula is C45H27N7.